The molecule has 2 rings (SSSR count). The van der Waals surface area contributed by atoms with E-state index < -0.39 is 4.92 Å². The number of piperidine rings is 1. The Balaban J connectivity index is 2.38. The third-order valence-corrected chi connectivity index (χ3v) is 3.47. The van der Waals surface area contributed by atoms with E-state index >= 15 is 0 Å². The van der Waals surface area contributed by atoms with Crippen molar-refractivity contribution in [1.29, 1.82) is 0 Å². The highest BCUT2D eigenvalue weighted by Gasteiger charge is 2.28. The van der Waals surface area contributed by atoms with Gasteiger partial charge in [0, 0.05) is 20.1 Å². The number of nitrogens with two attached hydrogens (primary N) is 1. The lowest BCUT2D eigenvalue weighted by Crippen LogP contribution is -2.39. The van der Waals surface area contributed by atoms with Gasteiger partial charge in [-0.3, -0.25) is 10.1 Å². The zero-order chi connectivity index (χ0) is 14.9. The van der Waals surface area contributed by atoms with Crippen LogP contribution in [0.15, 0.2) is 0 Å². The van der Waals surface area contributed by atoms with Crippen LogP contribution in [0.4, 0.5) is 23.3 Å². The van der Waals surface area contributed by atoms with E-state index in [1.807, 2.05) is 4.90 Å². The number of nitro groups is 1. The lowest BCUT2D eigenvalue weighted by molar-refractivity contribution is -0.383. The molecule has 1 aliphatic rings. The summed E-state index contributed by atoms with van der Waals surface area (Å²) in [5.74, 6) is 1.59. The molecule has 1 aliphatic heterocycles. The molecular formula is C12H20N6O2. The molecule has 2 atom stereocenters. The van der Waals surface area contributed by atoms with Crippen LogP contribution in [0.1, 0.15) is 20.3 Å². The second-order valence-corrected chi connectivity index (χ2v) is 5.46. The largest absolute Gasteiger partial charge is 0.378 e. The minimum Gasteiger partial charge on any atom is -0.378 e. The molecule has 0 aromatic carbocycles. The molecule has 0 bridgehead atoms. The minimum absolute atomic E-state index is 0.102. The molecule has 0 saturated carbocycles. The third kappa shape index (κ3) is 2.73. The number of nitrogens with zero attached hydrogens (tertiary/aromatic N) is 4. The highest BCUT2D eigenvalue weighted by molar-refractivity contribution is 5.69. The highest BCUT2D eigenvalue weighted by atomic mass is 16.6. The van der Waals surface area contributed by atoms with Gasteiger partial charge in [-0.15, -0.1) is 0 Å². The molecule has 1 aromatic heterocycles. The second-order valence-electron chi connectivity index (χ2n) is 5.46. The molecule has 0 amide bonds. The average Bonchev–Trinajstić information content (AvgIpc) is 2.35. The van der Waals surface area contributed by atoms with Gasteiger partial charge in [0.15, 0.2) is 0 Å². The summed E-state index contributed by atoms with van der Waals surface area (Å²) in [5.41, 5.74) is 5.45. The topological polar surface area (TPSA) is 110 Å². The molecule has 8 heteroatoms. The molecule has 20 heavy (non-hydrogen) atoms. The van der Waals surface area contributed by atoms with E-state index in [-0.39, 0.29) is 17.3 Å². The molecule has 1 saturated heterocycles. The number of nitrogen functional groups attached to an aromatic ring is 1. The minimum atomic E-state index is -0.563. The fraction of sp³-hybridized carbons (Fsp3) is 0.667. The summed E-state index contributed by atoms with van der Waals surface area (Å²) < 4.78 is 0. The van der Waals surface area contributed by atoms with Crippen molar-refractivity contribution in [2.45, 2.75) is 20.3 Å². The normalized spacial score (nSPS) is 22.6. The molecule has 1 aromatic rings. The van der Waals surface area contributed by atoms with E-state index in [9.17, 15) is 10.1 Å². The first-order valence-corrected chi connectivity index (χ1v) is 6.67. The van der Waals surface area contributed by atoms with Gasteiger partial charge in [0.2, 0.25) is 17.6 Å². The number of nitrogens with one attached hydrogen (secondary N) is 1. The van der Waals surface area contributed by atoms with Crippen LogP contribution in [0.2, 0.25) is 0 Å². The lowest BCUT2D eigenvalue weighted by atomic mass is 9.92. The van der Waals surface area contributed by atoms with Crippen molar-refractivity contribution in [1.82, 2.24) is 9.97 Å². The van der Waals surface area contributed by atoms with Crippen LogP contribution in [0.25, 0.3) is 0 Å². The Morgan fingerprint density at radius 1 is 1.35 bits per heavy atom. The molecule has 0 spiro atoms. The smallest absolute Gasteiger partial charge is 0.353 e. The summed E-state index contributed by atoms with van der Waals surface area (Å²) in [5, 5.41) is 13.7. The first-order chi connectivity index (χ1) is 9.42. The van der Waals surface area contributed by atoms with Crippen molar-refractivity contribution in [3.05, 3.63) is 10.1 Å². The molecule has 0 radical (unpaired) electrons. The Labute approximate surface area is 117 Å². The van der Waals surface area contributed by atoms with E-state index in [2.05, 4.69) is 29.1 Å². The Hall–Kier alpha value is -2.12. The summed E-state index contributed by atoms with van der Waals surface area (Å²) in [6.07, 6.45) is 1.16. The molecule has 1 fully saturated rings. The van der Waals surface area contributed by atoms with Crippen LogP contribution in [0.3, 0.4) is 0 Å². The van der Waals surface area contributed by atoms with Gasteiger partial charge >= 0.3 is 5.69 Å². The third-order valence-electron chi connectivity index (χ3n) is 3.47. The van der Waals surface area contributed by atoms with Crippen LogP contribution in [0.5, 0.6) is 0 Å². The predicted molar refractivity (Wildman–Crippen MR) is 77.8 cm³/mol. The Kier molecular flexibility index (Phi) is 3.91. The number of rotatable bonds is 3. The quantitative estimate of drug-likeness (QED) is 0.637. The summed E-state index contributed by atoms with van der Waals surface area (Å²) in [6, 6.07) is 0. The predicted octanol–water partition coefficient (Wildman–Crippen LogP) is 1.49. The number of hydrogen-bond donors (Lipinski definition) is 2. The molecule has 8 nitrogen and oxygen atoms in total. The number of aromatic nitrogens is 2. The van der Waals surface area contributed by atoms with Crippen molar-refractivity contribution in [2.24, 2.45) is 11.8 Å². The zero-order valence-electron chi connectivity index (χ0n) is 12.0. The average molecular weight is 280 g/mol. The van der Waals surface area contributed by atoms with Gasteiger partial charge in [0.25, 0.3) is 0 Å². The maximum absolute atomic E-state index is 11.0. The van der Waals surface area contributed by atoms with E-state index in [1.165, 1.54) is 0 Å². The second kappa shape index (κ2) is 5.48. The first-order valence-electron chi connectivity index (χ1n) is 6.67. The van der Waals surface area contributed by atoms with E-state index in [4.69, 9.17) is 5.73 Å². The standard InChI is InChI=1S/C12H20N6O2/c1-7-4-8(2)6-17(5-7)12-15-10(13)9(18(19)20)11(14-3)16-12/h7-8H,4-6H2,1-3H3,(H3,13,14,15,16)/t7-,8-/m0/s1. The summed E-state index contributed by atoms with van der Waals surface area (Å²) in [7, 11) is 1.58. The zero-order valence-corrected chi connectivity index (χ0v) is 12.0. The Morgan fingerprint density at radius 2 is 1.95 bits per heavy atom. The Morgan fingerprint density at radius 3 is 2.45 bits per heavy atom. The van der Waals surface area contributed by atoms with Gasteiger partial charge < -0.3 is 16.0 Å². The van der Waals surface area contributed by atoms with Crippen LogP contribution in [-0.2, 0) is 0 Å². The van der Waals surface area contributed by atoms with Crippen LogP contribution in [0, 0.1) is 22.0 Å². The molecule has 110 valence electrons. The van der Waals surface area contributed by atoms with Crippen LogP contribution < -0.4 is 16.0 Å². The van der Waals surface area contributed by atoms with Crippen molar-refractivity contribution in [3.63, 3.8) is 0 Å². The van der Waals surface area contributed by atoms with E-state index in [0.29, 0.717) is 17.8 Å². The van der Waals surface area contributed by atoms with E-state index in [0.717, 1.165) is 19.5 Å². The number of anilines is 3. The van der Waals surface area contributed by atoms with Crippen LogP contribution in [-0.4, -0.2) is 35.0 Å². The summed E-state index contributed by atoms with van der Waals surface area (Å²) in [4.78, 5) is 20.8. The fourth-order valence-corrected chi connectivity index (χ4v) is 2.78. The Bertz CT molecular complexity index is 511. The monoisotopic (exact) mass is 280 g/mol. The molecule has 3 N–H and O–H groups in total. The summed E-state index contributed by atoms with van der Waals surface area (Å²) >= 11 is 0. The number of hydrogen-bond acceptors (Lipinski definition) is 7. The van der Waals surface area contributed by atoms with Crippen molar-refractivity contribution >= 4 is 23.3 Å². The molecule has 0 unspecified atom stereocenters. The van der Waals surface area contributed by atoms with Crippen LogP contribution >= 0.6 is 0 Å². The van der Waals surface area contributed by atoms with Crippen molar-refractivity contribution < 1.29 is 4.92 Å². The van der Waals surface area contributed by atoms with Gasteiger partial charge in [-0.25, -0.2) is 0 Å². The first kappa shape index (κ1) is 14.3. The summed E-state index contributed by atoms with van der Waals surface area (Å²) in [6.45, 7) is 6.03. The maximum Gasteiger partial charge on any atom is 0.353 e. The SMILES string of the molecule is CNc1nc(N2C[C@@H](C)C[C@H](C)C2)nc(N)c1[N+](=O)[O-]. The molecule has 2 heterocycles. The maximum atomic E-state index is 11.0. The van der Waals surface area contributed by atoms with Gasteiger partial charge in [0.05, 0.1) is 4.92 Å². The van der Waals surface area contributed by atoms with Gasteiger partial charge in [-0.1, -0.05) is 13.8 Å². The van der Waals surface area contributed by atoms with Crippen molar-refractivity contribution in [2.75, 3.05) is 36.1 Å². The molecule has 0 aliphatic carbocycles. The highest BCUT2D eigenvalue weighted by Crippen LogP contribution is 2.31. The fourth-order valence-electron chi connectivity index (χ4n) is 2.78. The van der Waals surface area contributed by atoms with Gasteiger partial charge in [-0.2, -0.15) is 9.97 Å². The van der Waals surface area contributed by atoms with Gasteiger partial charge in [-0.05, 0) is 18.3 Å². The molecular weight excluding hydrogens is 260 g/mol. The van der Waals surface area contributed by atoms with Gasteiger partial charge in [0.1, 0.15) is 0 Å². The van der Waals surface area contributed by atoms with Crippen molar-refractivity contribution in [3.8, 4) is 0 Å². The lowest BCUT2D eigenvalue weighted by Gasteiger charge is -2.35. The van der Waals surface area contributed by atoms with E-state index in [1.54, 1.807) is 7.05 Å².